The Morgan fingerprint density at radius 2 is 1.77 bits per heavy atom. The number of benzene rings is 3. The van der Waals surface area contributed by atoms with Crippen LogP contribution in [0.25, 0.3) is 16.8 Å². The molecule has 0 amide bonds. The van der Waals surface area contributed by atoms with Crippen molar-refractivity contribution in [2.24, 2.45) is 0 Å². The molecule has 3 heteroatoms. The molecule has 0 spiro atoms. The number of hydrogen-bond donors (Lipinski definition) is 0. The summed E-state index contributed by atoms with van der Waals surface area (Å²) in [7, 11) is 0. The van der Waals surface area contributed by atoms with E-state index in [0.29, 0.717) is 13.0 Å². The summed E-state index contributed by atoms with van der Waals surface area (Å²) < 4.78 is 11.3. The van der Waals surface area contributed by atoms with Gasteiger partial charge in [-0.15, -0.1) is 0 Å². The molecule has 0 bridgehead atoms. The molecule has 0 aliphatic carbocycles. The third-order valence-electron chi connectivity index (χ3n) is 4.92. The first-order valence-corrected chi connectivity index (χ1v) is 10.7. The molecule has 0 fully saturated rings. The van der Waals surface area contributed by atoms with Crippen LogP contribution in [0.15, 0.2) is 72.8 Å². The maximum Gasteiger partial charge on any atom is 0.306 e. The van der Waals surface area contributed by atoms with Gasteiger partial charge < -0.3 is 9.47 Å². The second-order valence-electron chi connectivity index (χ2n) is 7.57. The van der Waals surface area contributed by atoms with Crippen LogP contribution in [-0.4, -0.2) is 12.1 Å². The Kier molecular flexibility index (Phi) is 8.08. The van der Waals surface area contributed by atoms with E-state index in [1.165, 1.54) is 5.39 Å². The summed E-state index contributed by atoms with van der Waals surface area (Å²) in [6.07, 6.45) is 7.26. The van der Waals surface area contributed by atoms with Crippen molar-refractivity contribution in [2.45, 2.75) is 52.2 Å². The molecule has 1 atom stereocenters. The molecule has 156 valence electrons. The van der Waals surface area contributed by atoms with Crippen LogP contribution in [0.5, 0.6) is 5.75 Å². The second-order valence-corrected chi connectivity index (χ2v) is 7.57. The van der Waals surface area contributed by atoms with Crippen LogP contribution >= 0.6 is 0 Å². The van der Waals surface area contributed by atoms with Crippen molar-refractivity contribution in [3.63, 3.8) is 0 Å². The van der Waals surface area contributed by atoms with E-state index in [9.17, 15) is 4.79 Å². The van der Waals surface area contributed by atoms with E-state index in [2.05, 4.69) is 54.6 Å². The van der Waals surface area contributed by atoms with Gasteiger partial charge in [0, 0.05) is 6.42 Å². The van der Waals surface area contributed by atoms with Crippen molar-refractivity contribution in [3.8, 4) is 5.75 Å². The smallest absolute Gasteiger partial charge is 0.306 e. The molecule has 0 aliphatic heterocycles. The first-order valence-electron chi connectivity index (χ1n) is 10.7. The minimum absolute atomic E-state index is 0.0420. The molecule has 0 heterocycles. The summed E-state index contributed by atoms with van der Waals surface area (Å²) in [5.41, 5.74) is 2.32. The zero-order valence-electron chi connectivity index (χ0n) is 17.8. The van der Waals surface area contributed by atoms with Crippen molar-refractivity contribution in [1.82, 2.24) is 0 Å². The molecule has 0 aliphatic rings. The Balaban J connectivity index is 1.52. The van der Waals surface area contributed by atoms with Crippen LogP contribution in [0.1, 0.15) is 50.7 Å². The average molecular weight is 403 g/mol. The van der Waals surface area contributed by atoms with Crippen LogP contribution in [-0.2, 0) is 16.1 Å². The fraction of sp³-hybridized carbons (Fsp3) is 0.296. The summed E-state index contributed by atoms with van der Waals surface area (Å²) in [5.74, 6) is 0.775. The van der Waals surface area contributed by atoms with Crippen LogP contribution in [0, 0.1) is 0 Å². The molecular formula is C27H30O3. The van der Waals surface area contributed by atoms with Crippen molar-refractivity contribution in [2.75, 3.05) is 0 Å². The topological polar surface area (TPSA) is 35.5 Å². The summed E-state index contributed by atoms with van der Waals surface area (Å²) in [4.78, 5) is 11.5. The molecule has 0 saturated carbocycles. The normalized spacial score (nSPS) is 12.2. The van der Waals surface area contributed by atoms with Gasteiger partial charge in [0.05, 0.1) is 6.10 Å². The minimum Gasteiger partial charge on any atom is -0.489 e. The first-order chi connectivity index (χ1) is 14.6. The SMILES string of the molecule is CCCC(=O)OC(C)CC/C=C/c1ccc2cc(OCc3ccccc3)ccc2c1. The molecule has 3 nitrogen and oxygen atoms in total. The molecule has 1 unspecified atom stereocenters. The molecule has 0 aromatic heterocycles. The predicted octanol–water partition coefficient (Wildman–Crippen LogP) is 6.94. The highest BCUT2D eigenvalue weighted by Crippen LogP contribution is 2.23. The van der Waals surface area contributed by atoms with Crippen molar-refractivity contribution < 1.29 is 14.3 Å². The second kappa shape index (κ2) is 11.2. The number of allylic oxidation sites excluding steroid dienone is 1. The Bertz CT molecular complexity index is 976. The molecule has 3 rings (SSSR count). The van der Waals surface area contributed by atoms with Gasteiger partial charge >= 0.3 is 5.97 Å². The standard InChI is InChI=1S/C27H30O3/c1-3-9-27(28)30-21(2)10-7-8-11-22-14-15-25-19-26(17-16-24(25)18-22)29-20-23-12-5-4-6-13-23/h4-6,8,11-19,21H,3,7,9-10,20H2,1-2H3/b11-8+. The van der Waals surface area contributed by atoms with Gasteiger partial charge in [0.15, 0.2) is 0 Å². The lowest BCUT2D eigenvalue weighted by Gasteiger charge is -2.11. The molecule has 30 heavy (non-hydrogen) atoms. The number of hydrogen-bond acceptors (Lipinski definition) is 3. The minimum atomic E-state index is -0.101. The summed E-state index contributed by atoms with van der Waals surface area (Å²) in [6.45, 7) is 4.50. The third-order valence-corrected chi connectivity index (χ3v) is 4.92. The summed E-state index contributed by atoms with van der Waals surface area (Å²) in [5, 5.41) is 2.35. The van der Waals surface area contributed by atoms with E-state index in [1.54, 1.807) is 0 Å². The monoisotopic (exact) mass is 402 g/mol. The highest BCUT2D eigenvalue weighted by atomic mass is 16.5. The fourth-order valence-corrected chi connectivity index (χ4v) is 3.27. The molecular weight excluding hydrogens is 372 g/mol. The lowest BCUT2D eigenvalue weighted by molar-refractivity contribution is -0.148. The van der Waals surface area contributed by atoms with Crippen LogP contribution < -0.4 is 4.74 Å². The number of rotatable bonds is 10. The van der Waals surface area contributed by atoms with Crippen molar-refractivity contribution in [3.05, 3.63) is 83.9 Å². The zero-order valence-corrected chi connectivity index (χ0v) is 17.8. The number of ether oxygens (including phenoxy) is 2. The largest absolute Gasteiger partial charge is 0.489 e. The lowest BCUT2D eigenvalue weighted by Crippen LogP contribution is -2.14. The van der Waals surface area contributed by atoms with Gasteiger partial charge in [-0.3, -0.25) is 4.79 Å². The Hall–Kier alpha value is -3.07. The van der Waals surface area contributed by atoms with Crippen molar-refractivity contribution in [1.29, 1.82) is 0 Å². The molecule has 0 saturated heterocycles. The average Bonchev–Trinajstić information content (AvgIpc) is 2.76. The number of carbonyl (C=O) groups is 1. The van der Waals surface area contributed by atoms with Crippen LogP contribution in [0.2, 0.25) is 0 Å². The highest BCUT2D eigenvalue weighted by molar-refractivity contribution is 5.86. The molecule has 3 aromatic rings. The highest BCUT2D eigenvalue weighted by Gasteiger charge is 2.07. The van der Waals surface area contributed by atoms with E-state index in [-0.39, 0.29) is 12.1 Å². The van der Waals surface area contributed by atoms with E-state index >= 15 is 0 Å². The van der Waals surface area contributed by atoms with Gasteiger partial charge in [-0.25, -0.2) is 0 Å². The van der Waals surface area contributed by atoms with E-state index in [4.69, 9.17) is 9.47 Å². The van der Waals surface area contributed by atoms with Gasteiger partial charge in [-0.1, -0.05) is 67.6 Å². The van der Waals surface area contributed by atoms with Gasteiger partial charge in [0.25, 0.3) is 0 Å². The number of esters is 1. The quantitative estimate of drug-likeness (QED) is 0.344. The lowest BCUT2D eigenvalue weighted by atomic mass is 10.1. The Morgan fingerprint density at radius 1 is 1.00 bits per heavy atom. The van der Waals surface area contributed by atoms with Gasteiger partial charge in [-0.2, -0.15) is 0 Å². The summed E-state index contributed by atoms with van der Waals surface area (Å²) >= 11 is 0. The maximum atomic E-state index is 11.5. The first kappa shape index (κ1) is 21.6. The fourth-order valence-electron chi connectivity index (χ4n) is 3.27. The Labute approximate surface area is 179 Å². The molecule has 0 N–H and O–H groups in total. The van der Waals surface area contributed by atoms with Crippen LogP contribution in [0.3, 0.4) is 0 Å². The number of carbonyl (C=O) groups excluding carboxylic acids is 1. The van der Waals surface area contributed by atoms with Gasteiger partial charge in [0.2, 0.25) is 0 Å². The Morgan fingerprint density at radius 3 is 2.57 bits per heavy atom. The summed E-state index contributed by atoms with van der Waals surface area (Å²) in [6, 6.07) is 22.8. The maximum absolute atomic E-state index is 11.5. The van der Waals surface area contributed by atoms with E-state index in [1.807, 2.05) is 38.1 Å². The van der Waals surface area contributed by atoms with Crippen LogP contribution in [0.4, 0.5) is 0 Å². The van der Waals surface area contributed by atoms with Gasteiger partial charge in [0.1, 0.15) is 12.4 Å². The van der Waals surface area contributed by atoms with E-state index in [0.717, 1.165) is 41.5 Å². The van der Waals surface area contributed by atoms with Crippen molar-refractivity contribution >= 4 is 22.8 Å². The molecule has 3 aromatic carbocycles. The number of fused-ring (bicyclic) bond motifs is 1. The molecule has 0 radical (unpaired) electrons. The van der Waals surface area contributed by atoms with Gasteiger partial charge in [-0.05, 0) is 66.3 Å². The predicted molar refractivity (Wildman–Crippen MR) is 123 cm³/mol. The third kappa shape index (κ3) is 6.77. The van der Waals surface area contributed by atoms with E-state index < -0.39 is 0 Å². The zero-order chi connectivity index (χ0) is 21.2.